The molecule has 0 aromatic rings. The first-order valence-corrected chi connectivity index (χ1v) is 7.23. The molecule has 0 aromatic carbocycles. The SMILES string of the molecule is CC(C)(C)OC(=O)N1C[C@H]2CC3C(=O)NCCC3(C1)O2. The van der Waals surface area contributed by atoms with Crippen molar-refractivity contribution >= 4 is 12.0 Å². The summed E-state index contributed by atoms with van der Waals surface area (Å²) >= 11 is 0. The second-order valence-corrected chi connectivity index (χ2v) is 6.99. The number of amides is 2. The Balaban J connectivity index is 1.76. The summed E-state index contributed by atoms with van der Waals surface area (Å²) in [7, 11) is 0. The average molecular weight is 282 g/mol. The molecule has 2 amide bonds. The smallest absolute Gasteiger partial charge is 0.410 e. The number of hydrogen-bond donors (Lipinski definition) is 1. The van der Waals surface area contributed by atoms with Crippen molar-refractivity contribution in [2.45, 2.75) is 50.9 Å². The van der Waals surface area contributed by atoms with Crippen LogP contribution in [-0.2, 0) is 14.3 Å². The van der Waals surface area contributed by atoms with Crippen molar-refractivity contribution in [3.8, 4) is 0 Å². The first-order chi connectivity index (χ1) is 9.29. The lowest BCUT2D eigenvalue weighted by Crippen LogP contribution is -2.60. The minimum atomic E-state index is -0.505. The Hall–Kier alpha value is -1.30. The van der Waals surface area contributed by atoms with Gasteiger partial charge in [0, 0.05) is 6.54 Å². The van der Waals surface area contributed by atoms with Crippen LogP contribution in [0.15, 0.2) is 0 Å². The number of fused-ring (bicyclic) bond motifs is 1. The molecular weight excluding hydrogens is 260 g/mol. The number of morpholine rings is 1. The van der Waals surface area contributed by atoms with Gasteiger partial charge in [-0.15, -0.1) is 0 Å². The highest BCUT2D eigenvalue weighted by Crippen LogP contribution is 2.44. The zero-order chi connectivity index (χ0) is 14.5. The van der Waals surface area contributed by atoms with Gasteiger partial charge in [-0.3, -0.25) is 4.79 Å². The molecular formula is C14H22N2O4. The van der Waals surface area contributed by atoms with Gasteiger partial charge in [0.25, 0.3) is 0 Å². The van der Waals surface area contributed by atoms with Gasteiger partial charge in [-0.05, 0) is 33.6 Å². The van der Waals surface area contributed by atoms with Crippen molar-refractivity contribution in [1.29, 1.82) is 0 Å². The van der Waals surface area contributed by atoms with Gasteiger partial charge in [-0.25, -0.2) is 4.79 Å². The van der Waals surface area contributed by atoms with E-state index < -0.39 is 11.2 Å². The number of ether oxygens (including phenoxy) is 2. The van der Waals surface area contributed by atoms with Crippen molar-refractivity contribution < 1.29 is 19.1 Å². The highest BCUT2D eigenvalue weighted by Gasteiger charge is 2.58. The molecule has 3 aliphatic heterocycles. The van der Waals surface area contributed by atoms with Gasteiger partial charge in [-0.1, -0.05) is 0 Å². The van der Waals surface area contributed by atoms with Crippen LogP contribution in [0, 0.1) is 5.92 Å². The van der Waals surface area contributed by atoms with Crippen LogP contribution < -0.4 is 5.32 Å². The number of carbonyl (C=O) groups excluding carboxylic acids is 2. The summed E-state index contributed by atoms with van der Waals surface area (Å²) in [6.07, 6.45) is 1.10. The maximum Gasteiger partial charge on any atom is 0.410 e. The second-order valence-electron chi connectivity index (χ2n) is 6.99. The molecule has 6 nitrogen and oxygen atoms in total. The average Bonchev–Trinajstić information content (AvgIpc) is 2.58. The highest BCUT2D eigenvalue weighted by atomic mass is 16.6. The Morgan fingerprint density at radius 1 is 1.50 bits per heavy atom. The molecule has 3 aliphatic rings. The zero-order valence-corrected chi connectivity index (χ0v) is 12.3. The number of carbonyl (C=O) groups is 2. The van der Waals surface area contributed by atoms with Gasteiger partial charge in [0.15, 0.2) is 0 Å². The lowest BCUT2D eigenvalue weighted by Gasteiger charge is -2.44. The summed E-state index contributed by atoms with van der Waals surface area (Å²) < 4.78 is 11.5. The standard InChI is InChI=1S/C14H22N2O4/c1-13(2,3)20-12(18)16-7-9-6-10-11(17)15-5-4-14(10,8-16)19-9/h9-10H,4-8H2,1-3H3,(H,15,17)/t9-,10?,14?/m1/s1. The van der Waals surface area contributed by atoms with Gasteiger partial charge in [0.05, 0.1) is 30.7 Å². The lowest BCUT2D eigenvalue weighted by atomic mass is 9.81. The van der Waals surface area contributed by atoms with Crippen molar-refractivity contribution in [2.24, 2.45) is 5.92 Å². The van der Waals surface area contributed by atoms with E-state index in [0.717, 1.165) is 6.42 Å². The first kappa shape index (κ1) is 13.7. The number of hydrogen-bond acceptors (Lipinski definition) is 4. The quantitative estimate of drug-likeness (QED) is 0.717. The molecule has 1 spiro atoms. The van der Waals surface area contributed by atoms with Crippen LogP contribution in [0.5, 0.6) is 0 Å². The molecule has 20 heavy (non-hydrogen) atoms. The minimum Gasteiger partial charge on any atom is -0.444 e. The van der Waals surface area contributed by atoms with E-state index in [0.29, 0.717) is 26.1 Å². The predicted octanol–water partition coefficient (Wildman–Crippen LogP) is 0.901. The van der Waals surface area contributed by atoms with Crippen LogP contribution in [0.4, 0.5) is 4.79 Å². The van der Waals surface area contributed by atoms with Gasteiger partial charge >= 0.3 is 6.09 Å². The maximum atomic E-state index is 12.2. The van der Waals surface area contributed by atoms with E-state index in [4.69, 9.17) is 9.47 Å². The summed E-state index contributed by atoms with van der Waals surface area (Å²) in [5.41, 5.74) is -1.00. The molecule has 0 aromatic heterocycles. The van der Waals surface area contributed by atoms with Crippen molar-refractivity contribution in [2.75, 3.05) is 19.6 Å². The van der Waals surface area contributed by atoms with Gasteiger partial charge in [-0.2, -0.15) is 0 Å². The Labute approximate surface area is 118 Å². The van der Waals surface area contributed by atoms with E-state index in [-0.39, 0.29) is 24.0 Å². The Bertz CT molecular complexity index is 445. The topological polar surface area (TPSA) is 67.9 Å². The first-order valence-electron chi connectivity index (χ1n) is 7.23. The molecule has 0 radical (unpaired) electrons. The summed E-state index contributed by atoms with van der Waals surface area (Å²) in [4.78, 5) is 25.9. The van der Waals surface area contributed by atoms with Crippen LogP contribution in [0.25, 0.3) is 0 Å². The minimum absolute atomic E-state index is 0.0508. The van der Waals surface area contributed by atoms with Crippen LogP contribution in [0.1, 0.15) is 33.6 Å². The fourth-order valence-electron chi connectivity index (χ4n) is 3.48. The molecule has 3 fully saturated rings. The molecule has 3 rings (SSSR count). The van der Waals surface area contributed by atoms with Crippen LogP contribution in [0.2, 0.25) is 0 Å². The molecule has 2 bridgehead atoms. The fraction of sp³-hybridized carbons (Fsp3) is 0.857. The number of rotatable bonds is 0. The van der Waals surface area contributed by atoms with Crippen LogP contribution in [-0.4, -0.2) is 53.8 Å². The normalized spacial score (nSPS) is 36.4. The monoisotopic (exact) mass is 282 g/mol. The third kappa shape index (κ3) is 2.26. The Kier molecular flexibility index (Phi) is 2.97. The zero-order valence-electron chi connectivity index (χ0n) is 12.3. The molecule has 6 heteroatoms. The number of nitrogens with zero attached hydrogens (tertiary/aromatic N) is 1. The Morgan fingerprint density at radius 2 is 2.25 bits per heavy atom. The molecule has 0 aliphatic carbocycles. The summed E-state index contributed by atoms with van der Waals surface area (Å²) in [6, 6.07) is 0. The second kappa shape index (κ2) is 4.35. The van der Waals surface area contributed by atoms with E-state index in [1.54, 1.807) is 4.90 Å². The number of piperidine rings is 1. The third-order valence-electron chi connectivity index (χ3n) is 4.23. The lowest BCUT2D eigenvalue weighted by molar-refractivity contribution is -0.151. The largest absolute Gasteiger partial charge is 0.444 e. The number of nitrogens with one attached hydrogen (secondary N) is 1. The van der Waals surface area contributed by atoms with Crippen molar-refractivity contribution in [3.63, 3.8) is 0 Å². The Morgan fingerprint density at radius 3 is 2.95 bits per heavy atom. The van der Waals surface area contributed by atoms with Crippen molar-refractivity contribution in [1.82, 2.24) is 10.2 Å². The predicted molar refractivity (Wildman–Crippen MR) is 71.1 cm³/mol. The summed E-state index contributed by atoms with van der Waals surface area (Å²) in [6.45, 7) is 7.15. The molecule has 3 heterocycles. The third-order valence-corrected chi connectivity index (χ3v) is 4.23. The summed E-state index contributed by atoms with van der Waals surface area (Å²) in [5.74, 6) is -0.0709. The van der Waals surface area contributed by atoms with E-state index in [1.165, 1.54) is 0 Å². The molecule has 3 atom stereocenters. The van der Waals surface area contributed by atoms with E-state index in [1.807, 2.05) is 20.8 Å². The van der Waals surface area contributed by atoms with E-state index >= 15 is 0 Å². The number of likely N-dealkylation sites (tertiary alicyclic amines) is 1. The highest BCUT2D eigenvalue weighted by molar-refractivity contribution is 5.82. The molecule has 0 saturated carbocycles. The molecule has 112 valence electrons. The molecule has 1 N–H and O–H groups in total. The summed E-state index contributed by atoms with van der Waals surface area (Å²) in [5, 5.41) is 2.89. The van der Waals surface area contributed by atoms with Crippen molar-refractivity contribution in [3.05, 3.63) is 0 Å². The van der Waals surface area contributed by atoms with Crippen LogP contribution in [0.3, 0.4) is 0 Å². The van der Waals surface area contributed by atoms with Gasteiger partial charge in [0.1, 0.15) is 5.60 Å². The van der Waals surface area contributed by atoms with E-state index in [9.17, 15) is 9.59 Å². The fourth-order valence-corrected chi connectivity index (χ4v) is 3.48. The molecule has 3 saturated heterocycles. The van der Waals surface area contributed by atoms with Crippen LogP contribution >= 0.6 is 0 Å². The van der Waals surface area contributed by atoms with Gasteiger partial charge < -0.3 is 19.7 Å². The van der Waals surface area contributed by atoms with E-state index in [2.05, 4.69) is 5.32 Å². The molecule has 2 unspecified atom stereocenters. The maximum absolute atomic E-state index is 12.2. The van der Waals surface area contributed by atoms with Gasteiger partial charge in [0.2, 0.25) is 5.91 Å².